The molecule has 0 unspecified atom stereocenters. The lowest BCUT2D eigenvalue weighted by atomic mass is 9.96. The summed E-state index contributed by atoms with van der Waals surface area (Å²) in [6.07, 6.45) is 8.23. The molecule has 4 nitrogen and oxygen atoms in total. The second kappa shape index (κ2) is 12.8. The number of rotatable bonds is 7. The van der Waals surface area contributed by atoms with Crippen molar-refractivity contribution < 1.29 is 8.83 Å². The molecule has 11 rings (SSSR count). The molecule has 4 heteroatoms. The number of aromatic nitrogens is 1. The topological polar surface area (TPSA) is 34.5 Å². The molecule has 0 aliphatic heterocycles. The van der Waals surface area contributed by atoms with Crippen LogP contribution in [-0.4, -0.2) is 4.57 Å². The number of furan rings is 2. The highest BCUT2D eigenvalue weighted by Crippen LogP contribution is 2.44. The van der Waals surface area contributed by atoms with E-state index in [-0.39, 0.29) is 0 Å². The Hall–Kier alpha value is -7.56. The normalized spacial score (nSPS) is 12.4. The van der Waals surface area contributed by atoms with Gasteiger partial charge in [-0.05, 0) is 83.1 Å². The first-order valence-corrected chi connectivity index (χ1v) is 18.9. The number of nitrogens with zero attached hydrogens (tertiary/aromatic N) is 2. The van der Waals surface area contributed by atoms with Crippen LogP contribution in [0.15, 0.2) is 210 Å². The van der Waals surface area contributed by atoms with Crippen molar-refractivity contribution in [2.75, 3.05) is 4.90 Å². The molecule has 3 heterocycles. The Kier molecular flexibility index (Phi) is 7.29. The van der Waals surface area contributed by atoms with Gasteiger partial charge < -0.3 is 18.3 Å². The van der Waals surface area contributed by atoms with E-state index in [1.807, 2.05) is 24.3 Å². The number of hydrogen-bond donors (Lipinski definition) is 0. The van der Waals surface area contributed by atoms with Crippen molar-refractivity contribution in [1.29, 1.82) is 0 Å². The maximum atomic E-state index is 6.57. The van der Waals surface area contributed by atoms with E-state index in [1.165, 1.54) is 16.2 Å². The average molecular weight is 719 g/mol. The van der Waals surface area contributed by atoms with Gasteiger partial charge >= 0.3 is 0 Å². The molecular weight excluding hydrogens is 685 g/mol. The van der Waals surface area contributed by atoms with Crippen LogP contribution in [0.5, 0.6) is 0 Å². The Morgan fingerprint density at radius 1 is 0.500 bits per heavy atom. The summed E-state index contributed by atoms with van der Waals surface area (Å²) in [6, 6.07) is 59.9. The van der Waals surface area contributed by atoms with Crippen molar-refractivity contribution in [3.8, 4) is 11.1 Å². The van der Waals surface area contributed by atoms with Gasteiger partial charge in [-0.25, -0.2) is 0 Å². The summed E-state index contributed by atoms with van der Waals surface area (Å²) >= 11 is 0. The molecule has 0 radical (unpaired) electrons. The van der Waals surface area contributed by atoms with E-state index in [2.05, 4.69) is 186 Å². The van der Waals surface area contributed by atoms with Gasteiger partial charge in [0.1, 0.15) is 22.3 Å². The molecule has 0 N–H and O–H groups in total. The highest BCUT2D eigenvalue weighted by atomic mass is 16.3. The smallest absolute Gasteiger partial charge is 0.136 e. The molecule has 0 aliphatic rings. The molecule has 0 saturated carbocycles. The molecule has 0 saturated heterocycles. The largest absolute Gasteiger partial charge is 0.456 e. The average Bonchev–Trinajstić information content (AvgIpc) is 3.92. The summed E-state index contributed by atoms with van der Waals surface area (Å²) in [6.45, 7) is 4.06. The van der Waals surface area contributed by atoms with Crippen LogP contribution in [0, 0.1) is 0 Å². The number of fused-ring (bicyclic) bond motifs is 10. The maximum Gasteiger partial charge on any atom is 0.136 e. The molecule has 3 aromatic heterocycles. The summed E-state index contributed by atoms with van der Waals surface area (Å²) in [5.74, 6) is 0. The second-order valence-corrected chi connectivity index (χ2v) is 14.2. The molecule has 56 heavy (non-hydrogen) atoms. The Morgan fingerprint density at radius 3 is 1.93 bits per heavy atom. The van der Waals surface area contributed by atoms with Gasteiger partial charge in [0.2, 0.25) is 0 Å². The fourth-order valence-corrected chi connectivity index (χ4v) is 8.47. The Balaban J connectivity index is 1.21. The predicted molar refractivity (Wildman–Crippen MR) is 236 cm³/mol. The Bertz CT molecular complexity index is 3350. The maximum absolute atomic E-state index is 6.57. The van der Waals surface area contributed by atoms with Gasteiger partial charge in [0.05, 0.1) is 22.4 Å². The number of allylic oxidation sites excluding steroid dienone is 4. The first-order valence-electron chi connectivity index (χ1n) is 18.9. The van der Waals surface area contributed by atoms with E-state index in [0.29, 0.717) is 0 Å². The zero-order valence-corrected chi connectivity index (χ0v) is 30.4. The quantitative estimate of drug-likeness (QED) is 0.154. The van der Waals surface area contributed by atoms with Crippen molar-refractivity contribution in [3.63, 3.8) is 0 Å². The molecule has 8 aromatic carbocycles. The van der Waals surface area contributed by atoms with Crippen molar-refractivity contribution in [3.05, 3.63) is 201 Å². The molecule has 0 fully saturated rings. The fraction of sp³-hybridized carbons (Fsp3) is 0. The van der Waals surface area contributed by atoms with Crippen LogP contribution in [0.25, 0.3) is 93.3 Å². The first-order chi connectivity index (χ1) is 27.7. The van der Waals surface area contributed by atoms with Crippen LogP contribution in [-0.2, 0) is 0 Å². The summed E-state index contributed by atoms with van der Waals surface area (Å²) in [5, 5.41) is 9.06. The van der Waals surface area contributed by atoms with E-state index in [9.17, 15) is 0 Å². The van der Waals surface area contributed by atoms with Gasteiger partial charge in [0, 0.05) is 49.8 Å². The highest BCUT2D eigenvalue weighted by Gasteiger charge is 2.21. The molecule has 0 aliphatic carbocycles. The van der Waals surface area contributed by atoms with E-state index < -0.39 is 0 Å². The number of para-hydroxylation sites is 4. The van der Waals surface area contributed by atoms with E-state index in [4.69, 9.17) is 8.83 Å². The van der Waals surface area contributed by atoms with Crippen LogP contribution in [0.1, 0.15) is 0 Å². The summed E-state index contributed by atoms with van der Waals surface area (Å²) in [4.78, 5) is 2.32. The fourth-order valence-electron chi connectivity index (χ4n) is 8.47. The zero-order chi connectivity index (χ0) is 37.2. The third kappa shape index (κ3) is 5.00. The third-order valence-electron chi connectivity index (χ3n) is 11.0. The summed E-state index contributed by atoms with van der Waals surface area (Å²) in [5.41, 5.74) is 10.9. The van der Waals surface area contributed by atoms with Gasteiger partial charge in [-0.15, -0.1) is 0 Å². The first kappa shape index (κ1) is 31.9. The molecular formula is C52H34N2O2. The monoisotopic (exact) mass is 718 g/mol. The molecule has 0 spiro atoms. The van der Waals surface area contributed by atoms with E-state index in [0.717, 1.165) is 88.5 Å². The standard InChI is InChI=1S/C52H34N2O2/c1-2-3-17-37(54-46-24-11-7-18-38(46)39-19-8-12-25-47(39)54)33-53(36-28-29-49-43(32-36)41-21-9-13-26-48(41)55-49)45-23-10-6-20-40(45)42-22-14-27-50-52(42)44-30-34-15-4-5-16-35(34)31-51(44)56-50/h2-33H,1H2/b17-3-,37-33-. The van der Waals surface area contributed by atoms with Gasteiger partial charge in [-0.2, -0.15) is 0 Å². The van der Waals surface area contributed by atoms with Crippen LogP contribution in [0.4, 0.5) is 11.4 Å². The van der Waals surface area contributed by atoms with Gasteiger partial charge in [0.25, 0.3) is 0 Å². The van der Waals surface area contributed by atoms with E-state index in [1.54, 1.807) is 0 Å². The molecule has 0 amide bonds. The van der Waals surface area contributed by atoms with Crippen molar-refractivity contribution in [2.45, 2.75) is 0 Å². The van der Waals surface area contributed by atoms with Gasteiger partial charge in [-0.1, -0.05) is 128 Å². The minimum atomic E-state index is 0.850. The molecule has 11 aromatic rings. The molecule has 0 atom stereocenters. The van der Waals surface area contributed by atoms with Crippen molar-refractivity contribution >= 4 is 93.5 Å². The van der Waals surface area contributed by atoms with Crippen LogP contribution in [0.2, 0.25) is 0 Å². The van der Waals surface area contributed by atoms with Crippen LogP contribution < -0.4 is 4.90 Å². The lowest BCUT2D eigenvalue weighted by molar-refractivity contribution is 0.668. The zero-order valence-electron chi connectivity index (χ0n) is 30.4. The summed E-state index contributed by atoms with van der Waals surface area (Å²) < 4.78 is 15.2. The number of hydrogen-bond acceptors (Lipinski definition) is 3. The van der Waals surface area contributed by atoms with Gasteiger partial charge in [-0.3, -0.25) is 0 Å². The highest BCUT2D eigenvalue weighted by molar-refractivity contribution is 6.17. The van der Waals surface area contributed by atoms with E-state index >= 15 is 0 Å². The Labute approximate surface area is 322 Å². The lowest BCUT2D eigenvalue weighted by Crippen LogP contribution is -2.12. The lowest BCUT2D eigenvalue weighted by Gasteiger charge is -2.26. The predicted octanol–water partition coefficient (Wildman–Crippen LogP) is 14.8. The molecule has 0 bridgehead atoms. The Morgan fingerprint density at radius 2 is 1.12 bits per heavy atom. The molecule has 264 valence electrons. The summed E-state index contributed by atoms with van der Waals surface area (Å²) in [7, 11) is 0. The second-order valence-electron chi connectivity index (χ2n) is 14.2. The minimum absolute atomic E-state index is 0.850. The van der Waals surface area contributed by atoms with Crippen molar-refractivity contribution in [2.24, 2.45) is 0 Å². The third-order valence-corrected chi connectivity index (χ3v) is 11.0. The number of benzene rings is 8. The van der Waals surface area contributed by atoms with Crippen LogP contribution in [0.3, 0.4) is 0 Å². The number of anilines is 2. The SMILES string of the molecule is C=C/C=C\C(=C\N(c1ccc2oc3ccccc3c2c1)c1ccccc1-c1cccc2oc3cc4ccccc4cc3c12)n1c2ccccc2c2ccccc21. The van der Waals surface area contributed by atoms with Crippen molar-refractivity contribution in [1.82, 2.24) is 4.57 Å². The minimum Gasteiger partial charge on any atom is -0.456 e. The van der Waals surface area contributed by atoms with Crippen LogP contribution >= 0.6 is 0 Å². The van der Waals surface area contributed by atoms with Gasteiger partial charge in [0.15, 0.2) is 0 Å².